The normalized spacial score (nSPS) is 14.2. The molecule has 2 aromatic rings. The van der Waals surface area contributed by atoms with Crippen LogP contribution in [0.1, 0.15) is 24.3 Å². The van der Waals surface area contributed by atoms with E-state index >= 15 is 0 Å². The third kappa shape index (κ3) is 3.22. The summed E-state index contributed by atoms with van der Waals surface area (Å²) in [6.45, 7) is 7.52. The lowest BCUT2D eigenvalue weighted by Gasteiger charge is -2.25. The molecule has 2 heterocycles. The standard InChI is InChI=1S/C17H21NO2S/c1-17(2,15-7-4-10-21-15)12-18-11-13-5-3-6-14-16(13)20-9-8-19-14/h3-7,10,18H,8-9,11-12H2,1-2H3. The summed E-state index contributed by atoms with van der Waals surface area (Å²) in [5.41, 5.74) is 1.30. The van der Waals surface area contributed by atoms with Crippen LogP contribution in [0.15, 0.2) is 35.7 Å². The van der Waals surface area contributed by atoms with Gasteiger partial charge >= 0.3 is 0 Å². The smallest absolute Gasteiger partial charge is 0.165 e. The number of hydrogen-bond donors (Lipinski definition) is 1. The third-order valence-electron chi connectivity index (χ3n) is 3.72. The lowest BCUT2D eigenvalue weighted by molar-refractivity contribution is 0.169. The van der Waals surface area contributed by atoms with Crippen LogP contribution in [0.2, 0.25) is 0 Å². The highest BCUT2D eigenvalue weighted by molar-refractivity contribution is 7.10. The Balaban J connectivity index is 1.63. The van der Waals surface area contributed by atoms with Crippen molar-refractivity contribution in [2.24, 2.45) is 0 Å². The first kappa shape index (κ1) is 14.4. The molecule has 112 valence electrons. The van der Waals surface area contributed by atoms with Crippen LogP contribution in [-0.2, 0) is 12.0 Å². The number of nitrogens with one attached hydrogen (secondary N) is 1. The first-order valence-corrected chi connectivity index (χ1v) is 8.17. The van der Waals surface area contributed by atoms with Gasteiger partial charge in [0, 0.05) is 28.9 Å². The van der Waals surface area contributed by atoms with Crippen LogP contribution < -0.4 is 14.8 Å². The summed E-state index contributed by atoms with van der Waals surface area (Å²) < 4.78 is 11.4. The van der Waals surface area contributed by atoms with E-state index in [1.54, 1.807) is 0 Å². The highest BCUT2D eigenvalue weighted by atomic mass is 32.1. The van der Waals surface area contributed by atoms with Gasteiger partial charge in [-0.25, -0.2) is 0 Å². The molecule has 0 unspecified atom stereocenters. The highest BCUT2D eigenvalue weighted by Gasteiger charge is 2.22. The van der Waals surface area contributed by atoms with Gasteiger partial charge in [0.05, 0.1) is 0 Å². The highest BCUT2D eigenvalue weighted by Crippen LogP contribution is 2.33. The Bertz CT molecular complexity index is 593. The first-order valence-electron chi connectivity index (χ1n) is 7.29. The molecule has 0 radical (unpaired) electrons. The van der Waals surface area contributed by atoms with Crippen LogP contribution >= 0.6 is 11.3 Å². The predicted molar refractivity (Wildman–Crippen MR) is 86.5 cm³/mol. The van der Waals surface area contributed by atoms with Crippen molar-refractivity contribution in [3.8, 4) is 11.5 Å². The summed E-state index contributed by atoms with van der Waals surface area (Å²) in [6, 6.07) is 10.4. The Kier molecular flexibility index (Phi) is 4.17. The Morgan fingerprint density at radius 1 is 1.14 bits per heavy atom. The van der Waals surface area contributed by atoms with Gasteiger partial charge in [0.1, 0.15) is 13.2 Å². The maximum Gasteiger partial charge on any atom is 0.165 e. The number of ether oxygens (including phenoxy) is 2. The predicted octanol–water partition coefficient (Wildman–Crippen LogP) is 3.59. The number of rotatable bonds is 5. The van der Waals surface area contributed by atoms with Crippen molar-refractivity contribution in [3.63, 3.8) is 0 Å². The van der Waals surface area contributed by atoms with Crippen molar-refractivity contribution in [2.45, 2.75) is 25.8 Å². The van der Waals surface area contributed by atoms with Gasteiger partial charge in [-0.2, -0.15) is 0 Å². The SMILES string of the molecule is CC(C)(CNCc1cccc2c1OCCO2)c1cccs1. The molecule has 1 aliphatic heterocycles. The van der Waals surface area contributed by atoms with E-state index in [0.29, 0.717) is 13.2 Å². The summed E-state index contributed by atoms with van der Waals surface area (Å²) in [4.78, 5) is 1.41. The second kappa shape index (κ2) is 6.08. The molecule has 4 heteroatoms. The maximum atomic E-state index is 5.75. The molecule has 21 heavy (non-hydrogen) atoms. The van der Waals surface area contributed by atoms with E-state index < -0.39 is 0 Å². The van der Waals surface area contributed by atoms with Crippen molar-refractivity contribution >= 4 is 11.3 Å². The molecular formula is C17H21NO2S. The Morgan fingerprint density at radius 2 is 2.00 bits per heavy atom. The molecule has 0 saturated heterocycles. The van der Waals surface area contributed by atoms with Gasteiger partial charge in [0.25, 0.3) is 0 Å². The average molecular weight is 303 g/mol. The van der Waals surface area contributed by atoms with Crippen LogP contribution in [0.5, 0.6) is 11.5 Å². The minimum atomic E-state index is 0.139. The minimum Gasteiger partial charge on any atom is -0.486 e. The average Bonchev–Trinajstić information content (AvgIpc) is 3.02. The fourth-order valence-electron chi connectivity index (χ4n) is 2.53. The quantitative estimate of drug-likeness (QED) is 0.915. The molecule has 3 rings (SSSR count). The lowest BCUT2D eigenvalue weighted by Crippen LogP contribution is -2.32. The summed E-state index contributed by atoms with van der Waals surface area (Å²) in [6.07, 6.45) is 0. The van der Waals surface area contributed by atoms with Gasteiger partial charge in [-0.05, 0) is 17.5 Å². The van der Waals surface area contributed by atoms with Crippen molar-refractivity contribution in [1.29, 1.82) is 0 Å². The van der Waals surface area contributed by atoms with E-state index in [1.165, 1.54) is 4.88 Å². The van der Waals surface area contributed by atoms with Crippen LogP contribution in [0.3, 0.4) is 0 Å². The van der Waals surface area contributed by atoms with E-state index in [1.807, 2.05) is 23.5 Å². The number of fused-ring (bicyclic) bond motifs is 1. The second-order valence-electron chi connectivity index (χ2n) is 5.91. The molecule has 3 nitrogen and oxygen atoms in total. The van der Waals surface area contributed by atoms with Crippen molar-refractivity contribution in [1.82, 2.24) is 5.32 Å². The molecule has 1 aromatic heterocycles. The van der Waals surface area contributed by atoms with E-state index in [4.69, 9.17) is 9.47 Å². The second-order valence-corrected chi connectivity index (χ2v) is 6.85. The summed E-state index contributed by atoms with van der Waals surface area (Å²) in [7, 11) is 0. The zero-order valence-corrected chi connectivity index (χ0v) is 13.3. The molecule has 0 spiro atoms. The zero-order valence-electron chi connectivity index (χ0n) is 12.5. The monoisotopic (exact) mass is 303 g/mol. The zero-order chi connectivity index (χ0) is 14.7. The van der Waals surface area contributed by atoms with Crippen LogP contribution in [0, 0.1) is 0 Å². The molecule has 0 aliphatic carbocycles. The minimum absolute atomic E-state index is 0.139. The topological polar surface area (TPSA) is 30.5 Å². The van der Waals surface area contributed by atoms with Gasteiger partial charge in [-0.1, -0.05) is 32.0 Å². The summed E-state index contributed by atoms with van der Waals surface area (Å²) >= 11 is 1.81. The van der Waals surface area contributed by atoms with Gasteiger partial charge in [-0.3, -0.25) is 0 Å². The largest absolute Gasteiger partial charge is 0.486 e. The van der Waals surface area contributed by atoms with Crippen molar-refractivity contribution in [2.75, 3.05) is 19.8 Å². The Labute approximate surface area is 129 Å². The molecule has 0 bridgehead atoms. The van der Waals surface area contributed by atoms with Crippen molar-refractivity contribution in [3.05, 3.63) is 46.2 Å². The molecule has 0 atom stereocenters. The van der Waals surface area contributed by atoms with E-state index in [9.17, 15) is 0 Å². The molecule has 0 fully saturated rings. The van der Waals surface area contributed by atoms with Gasteiger partial charge in [-0.15, -0.1) is 11.3 Å². The summed E-state index contributed by atoms with van der Waals surface area (Å²) in [5, 5.41) is 5.69. The molecule has 1 N–H and O–H groups in total. The van der Waals surface area contributed by atoms with Crippen LogP contribution in [0.25, 0.3) is 0 Å². The van der Waals surface area contributed by atoms with E-state index in [2.05, 4.69) is 42.7 Å². The van der Waals surface area contributed by atoms with Crippen molar-refractivity contribution < 1.29 is 9.47 Å². The number of benzene rings is 1. The fourth-order valence-corrected chi connectivity index (χ4v) is 3.39. The van der Waals surface area contributed by atoms with E-state index in [-0.39, 0.29) is 5.41 Å². The Morgan fingerprint density at radius 3 is 2.81 bits per heavy atom. The number of hydrogen-bond acceptors (Lipinski definition) is 4. The Hall–Kier alpha value is -1.52. The van der Waals surface area contributed by atoms with Crippen LogP contribution in [0.4, 0.5) is 0 Å². The first-order chi connectivity index (χ1) is 10.2. The van der Waals surface area contributed by atoms with Gasteiger partial charge in [0.15, 0.2) is 11.5 Å². The molecular weight excluding hydrogens is 282 g/mol. The van der Waals surface area contributed by atoms with Crippen LogP contribution in [-0.4, -0.2) is 19.8 Å². The molecule has 0 amide bonds. The molecule has 0 saturated carbocycles. The van der Waals surface area contributed by atoms with Gasteiger partial charge < -0.3 is 14.8 Å². The van der Waals surface area contributed by atoms with Gasteiger partial charge in [0.2, 0.25) is 0 Å². The fraction of sp³-hybridized carbons (Fsp3) is 0.412. The molecule has 1 aliphatic rings. The number of thiophene rings is 1. The van der Waals surface area contributed by atoms with E-state index in [0.717, 1.165) is 30.2 Å². The summed E-state index contributed by atoms with van der Waals surface area (Å²) in [5.74, 6) is 1.75. The maximum absolute atomic E-state index is 5.75. The lowest BCUT2D eigenvalue weighted by atomic mass is 9.91. The number of para-hydroxylation sites is 1. The third-order valence-corrected chi connectivity index (χ3v) is 4.95. The molecule has 1 aromatic carbocycles.